The number of nitrogens with zero attached hydrogens (tertiary/aromatic N) is 3. The minimum Gasteiger partial charge on any atom is -0.334 e. The fourth-order valence-corrected chi connectivity index (χ4v) is 1.38. The summed E-state index contributed by atoms with van der Waals surface area (Å²) in [5.41, 5.74) is 1.14. The summed E-state index contributed by atoms with van der Waals surface area (Å²) in [6, 6.07) is 0. The number of hydrogen-bond acceptors (Lipinski definition) is 7. The summed E-state index contributed by atoms with van der Waals surface area (Å²) < 4.78 is 0.803. The standard InChI is InChI=1S/C6H9N5O3S/c1-3-5(13)11(7)6(9-8-3)15-2-4(12)10-14/h14H,2,7H2,1H3,(H,10,12). The number of nitrogen functional groups attached to an aromatic ring is 1. The molecule has 0 aliphatic carbocycles. The van der Waals surface area contributed by atoms with E-state index >= 15 is 0 Å². The zero-order valence-corrected chi connectivity index (χ0v) is 8.61. The van der Waals surface area contributed by atoms with Crippen molar-refractivity contribution < 1.29 is 10.0 Å². The number of amides is 1. The van der Waals surface area contributed by atoms with Gasteiger partial charge >= 0.3 is 0 Å². The van der Waals surface area contributed by atoms with Gasteiger partial charge in [-0.15, -0.1) is 10.2 Å². The molecule has 15 heavy (non-hydrogen) atoms. The van der Waals surface area contributed by atoms with Crippen molar-refractivity contribution in [1.82, 2.24) is 20.4 Å². The van der Waals surface area contributed by atoms with E-state index < -0.39 is 11.5 Å². The lowest BCUT2D eigenvalue weighted by Gasteiger charge is -2.04. The maximum Gasteiger partial charge on any atom is 0.294 e. The Hall–Kier alpha value is -1.61. The minimum absolute atomic E-state index is 0.106. The van der Waals surface area contributed by atoms with E-state index in [9.17, 15) is 9.59 Å². The van der Waals surface area contributed by atoms with Gasteiger partial charge in [0.1, 0.15) is 5.69 Å². The third-order valence-electron chi connectivity index (χ3n) is 1.48. The topological polar surface area (TPSA) is 123 Å². The molecule has 0 radical (unpaired) electrons. The summed E-state index contributed by atoms with van der Waals surface area (Å²) in [7, 11) is 0. The van der Waals surface area contributed by atoms with Crippen LogP contribution in [0.25, 0.3) is 0 Å². The number of aryl methyl sites for hydroxylation is 1. The molecule has 1 heterocycles. The van der Waals surface area contributed by atoms with Crippen LogP contribution < -0.4 is 16.9 Å². The number of nitrogens with two attached hydrogens (primary N) is 1. The fraction of sp³-hybridized carbons (Fsp3) is 0.333. The Balaban J connectivity index is 2.83. The van der Waals surface area contributed by atoms with Gasteiger partial charge in [-0.25, -0.2) is 5.48 Å². The highest BCUT2D eigenvalue weighted by Crippen LogP contribution is 2.09. The molecular formula is C6H9N5O3S. The van der Waals surface area contributed by atoms with Crippen molar-refractivity contribution in [2.75, 3.05) is 11.6 Å². The molecule has 4 N–H and O–H groups in total. The van der Waals surface area contributed by atoms with Crippen LogP contribution in [0.3, 0.4) is 0 Å². The van der Waals surface area contributed by atoms with Crippen LogP contribution in [0.15, 0.2) is 9.95 Å². The molecule has 0 saturated carbocycles. The molecule has 9 heteroatoms. The molecule has 82 valence electrons. The van der Waals surface area contributed by atoms with Crippen molar-refractivity contribution in [3.05, 3.63) is 16.0 Å². The summed E-state index contributed by atoms with van der Waals surface area (Å²) in [6.07, 6.45) is 0. The maximum absolute atomic E-state index is 11.3. The smallest absolute Gasteiger partial charge is 0.294 e. The lowest BCUT2D eigenvalue weighted by molar-refractivity contribution is -0.126. The van der Waals surface area contributed by atoms with Crippen molar-refractivity contribution in [3.63, 3.8) is 0 Å². The van der Waals surface area contributed by atoms with Gasteiger partial charge < -0.3 is 5.84 Å². The van der Waals surface area contributed by atoms with Crippen LogP contribution >= 0.6 is 11.8 Å². The number of hydrogen-bond donors (Lipinski definition) is 3. The van der Waals surface area contributed by atoms with E-state index in [0.29, 0.717) is 0 Å². The third kappa shape index (κ3) is 2.67. The molecule has 0 aromatic carbocycles. The van der Waals surface area contributed by atoms with E-state index in [-0.39, 0.29) is 16.6 Å². The van der Waals surface area contributed by atoms with Gasteiger partial charge in [-0.2, -0.15) is 4.68 Å². The Bertz CT molecular complexity index is 431. The molecule has 0 bridgehead atoms. The normalized spacial score (nSPS) is 10.0. The van der Waals surface area contributed by atoms with Crippen molar-refractivity contribution >= 4 is 17.7 Å². The van der Waals surface area contributed by atoms with Crippen LogP contribution in [0, 0.1) is 6.92 Å². The first-order valence-corrected chi connectivity index (χ1v) is 4.82. The van der Waals surface area contributed by atoms with Gasteiger partial charge in [-0.3, -0.25) is 14.8 Å². The largest absolute Gasteiger partial charge is 0.334 e. The van der Waals surface area contributed by atoms with Crippen molar-refractivity contribution in [2.45, 2.75) is 12.1 Å². The molecule has 0 saturated heterocycles. The highest BCUT2D eigenvalue weighted by atomic mass is 32.2. The van der Waals surface area contributed by atoms with Crippen molar-refractivity contribution in [3.8, 4) is 0 Å². The van der Waals surface area contributed by atoms with E-state index in [4.69, 9.17) is 11.0 Å². The van der Waals surface area contributed by atoms with E-state index in [2.05, 4.69) is 10.2 Å². The van der Waals surface area contributed by atoms with Gasteiger partial charge in [-0.05, 0) is 6.92 Å². The summed E-state index contributed by atoms with van der Waals surface area (Å²) in [5.74, 6) is 4.68. The Morgan fingerprint density at radius 1 is 1.67 bits per heavy atom. The summed E-state index contributed by atoms with van der Waals surface area (Å²) in [6.45, 7) is 1.48. The van der Waals surface area contributed by atoms with Crippen LogP contribution in [-0.4, -0.2) is 31.7 Å². The lowest BCUT2D eigenvalue weighted by Crippen LogP contribution is -2.33. The number of carbonyl (C=O) groups is 1. The first-order valence-electron chi connectivity index (χ1n) is 3.83. The zero-order chi connectivity index (χ0) is 11.4. The first kappa shape index (κ1) is 11.5. The molecule has 8 nitrogen and oxygen atoms in total. The molecule has 1 aromatic rings. The van der Waals surface area contributed by atoms with Crippen LogP contribution in [-0.2, 0) is 4.79 Å². The van der Waals surface area contributed by atoms with Crippen LogP contribution in [0.4, 0.5) is 0 Å². The maximum atomic E-state index is 11.3. The van der Waals surface area contributed by atoms with Crippen LogP contribution in [0.5, 0.6) is 0 Å². The molecule has 1 amide bonds. The predicted octanol–water partition coefficient (Wildman–Crippen LogP) is -1.74. The van der Waals surface area contributed by atoms with Gasteiger partial charge in [0.05, 0.1) is 5.75 Å². The number of carbonyl (C=O) groups excluding carboxylic acids is 1. The Morgan fingerprint density at radius 2 is 2.33 bits per heavy atom. The predicted molar refractivity (Wildman–Crippen MR) is 51.8 cm³/mol. The summed E-state index contributed by atoms with van der Waals surface area (Å²) in [4.78, 5) is 22.0. The Labute approximate surface area is 88.4 Å². The monoisotopic (exact) mass is 231 g/mol. The van der Waals surface area contributed by atoms with Crippen molar-refractivity contribution in [1.29, 1.82) is 0 Å². The lowest BCUT2D eigenvalue weighted by atomic mass is 10.5. The van der Waals surface area contributed by atoms with Gasteiger partial charge in [0.15, 0.2) is 0 Å². The van der Waals surface area contributed by atoms with Crippen LogP contribution in [0.2, 0.25) is 0 Å². The molecule has 0 atom stereocenters. The van der Waals surface area contributed by atoms with Gasteiger partial charge in [0.2, 0.25) is 5.16 Å². The number of aromatic nitrogens is 3. The minimum atomic E-state index is -0.616. The third-order valence-corrected chi connectivity index (χ3v) is 2.42. The number of thioether (sulfide) groups is 1. The van der Waals surface area contributed by atoms with Gasteiger partial charge in [-0.1, -0.05) is 11.8 Å². The molecular weight excluding hydrogens is 222 g/mol. The van der Waals surface area contributed by atoms with Gasteiger partial charge in [0.25, 0.3) is 11.5 Å². The first-order chi connectivity index (χ1) is 7.06. The molecule has 0 fully saturated rings. The van der Waals surface area contributed by atoms with Gasteiger partial charge in [0, 0.05) is 0 Å². The molecule has 0 aliphatic heterocycles. The van der Waals surface area contributed by atoms with E-state index in [0.717, 1.165) is 16.4 Å². The molecule has 0 spiro atoms. The summed E-state index contributed by atoms with van der Waals surface area (Å²) >= 11 is 0.895. The zero-order valence-electron chi connectivity index (χ0n) is 7.80. The molecule has 0 aliphatic rings. The average molecular weight is 231 g/mol. The summed E-state index contributed by atoms with van der Waals surface area (Å²) in [5, 5.41) is 15.5. The number of nitrogens with one attached hydrogen (secondary N) is 1. The second-order valence-corrected chi connectivity index (χ2v) is 3.51. The molecule has 0 unspecified atom stereocenters. The van der Waals surface area contributed by atoms with E-state index in [1.165, 1.54) is 12.4 Å². The highest BCUT2D eigenvalue weighted by Gasteiger charge is 2.09. The van der Waals surface area contributed by atoms with E-state index in [1.807, 2.05) is 0 Å². The highest BCUT2D eigenvalue weighted by molar-refractivity contribution is 7.99. The molecule has 1 aromatic heterocycles. The van der Waals surface area contributed by atoms with Crippen molar-refractivity contribution in [2.24, 2.45) is 0 Å². The van der Waals surface area contributed by atoms with Crippen LogP contribution in [0.1, 0.15) is 5.69 Å². The SMILES string of the molecule is Cc1nnc(SCC(=O)NO)n(N)c1=O. The fourth-order valence-electron chi connectivity index (χ4n) is 0.731. The Morgan fingerprint density at radius 3 is 2.93 bits per heavy atom. The molecule has 1 rings (SSSR count). The van der Waals surface area contributed by atoms with E-state index in [1.54, 1.807) is 0 Å². The second-order valence-electron chi connectivity index (χ2n) is 2.57. The number of rotatable bonds is 3. The second kappa shape index (κ2) is 4.75. The quantitative estimate of drug-likeness (QED) is 0.244. The number of hydroxylamine groups is 1. The Kier molecular flexibility index (Phi) is 3.63. The average Bonchev–Trinajstić information content (AvgIpc) is 2.24.